The summed E-state index contributed by atoms with van der Waals surface area (Å²) in [6.07, 6.45) is 3.25. The van der Waals surface area contributed by atoms with Gasteiger partial charge in [-0.3, -0.25) is 9.59 Å². The maximum Gasteiger partial charge on any atom is 0.260 e. The average molecular weight is 489 g/mol. The number of hydrogen-bond donors (Lipinski definition) is 1. The Balaban J connectivity index is 1.66. The van der Waals surface area contributed by atoms with Crippen molar-refractivity contribution in [1.29, 1.82) is 0 Å². The monoisotopic (exact) mass is 488 g/mol. The Morgan fingerprint density at radius 2 is 1.81 bits per heavy atom. The molecule has 1 fully saturated rings. The maximum absolute atomic E-state index is 12.8. The summed E-state index contributed by atoms with van der Waals surface area (Å²) in [7, 11) is 0. The summed E-state index contributed by atoms with van der Waals surface area (Å²) >= 11 is 3.52. The lowest BCUT2D eigenvalue weighted by Gasteiger charge is -2.26. The van der Waals surface area contributed by atoms with Crippen LogP contribution in [-0.4, -0.2) is 43.0 Å². The van der Waals surface area contributed by atoms with E-state index in [1.807, 2.05) is 43.0 Å². The third-order valence-corrected chi connectivity index (χ3v) is 6.01. The van der Waals surface area contributed by atoms with Gasteiger partial charge in [0, 0.05) is 23.1 Å². The molecule has 0 aromatic heterocycles. The van der Waals surface area contributed by atoms with E-state index in [-0.39, 0.29) is 24.5 Å². The molecular weight excluding hydrogens is 460 g/mol. The van der Waals surface area contributed by atoms with Gasteiger partial charge in [0.25, 0.3) is 11.8 Å². The fraction of sp³-hybridized carbons (Fsp3) is 0.417. The van der Waals surface area contributed by atoms with E-state index in [1.165, 1.54) is 6.42 Å². The van der Waals surface area contributed by atoms with Gasteiger partial charge in [0.2, 0.25) is 0 Å². The topological polar surface area (TPSA) is 67.9 Å². The molecule has 31 heavy (non-hydrogen) atoms. The zero-order chi connectivity index (χ0) is 22.2. The summed E-state index contributed by atoms with van der Waals surface area (Å²) in [6.45, 7) is 5.76. The van der Waals surface area contributed by atoms with Crippen molar-refractivity contribution >= 4 is 27.7 Å². The van der Waals surface area contributed by atoms with Gasteiger partial charge in [-0.25, -0.2) is 0 Å². The first-order valence-corrected chi connectivity index (χ1v) is 11.5. The van der Waals surface area contributed by atoms with Crippen LogP contribution in [0.15, 0.2) is 46.9 Å². The Morgan fingerprint density at radius 3 is 2.52 bits per heavy atom. The minimum absolute atomic E-state index is 0.0220. The molecule has 1 heterocycles. The van der Waals surface area contributed by atoms with Crippen LogP contribution in [0.2, 0.25) is 0 Å². The molecule has 1 aliphatic rings. The fourth-order valence-corrected chi connectivity index (χ4v) is 4.22. The molecule has 0 aliphatic carbocycles. The number of halogens is 1. The summed E-state index contributed by atoms with van der Waals surface area (Å²) in [6, 6.07) is 12.7. The molecule has 2 aromatic carbocycles. The second kappa shape index (κ2) is 11.2. The van der Waals surface area contributed by atoms with Crippen LogP contribution < -0.4 is 14.8 Å². The highest BCUT2D eigenvalue weighted by Crippen LogP contribution is 2.29. The van der Waals surface area contributed by atoms with E-state index >= 15 is 0 Å². The van der Waals surface area contributed by atoms with Crippen molar-refractivity contribution in [1.82, 2.24) is 10.2 Å². The van der Waals surface area contributed by atoms with Crippen molar-refractivity contribution in [3.8, 4) is 11.5 Å². The lowest BCUT2D eigenvalue weighted by molar-refractivity contribution is -0.134. The number of rotatable bonds is 8. The highest BCUT2D eigenvalue weighted by atomic mass is 79.9. The fourth-order valence-electron chi connectivity index (χ4n) is 3.59. The van der Waals surface area contributed by atoms with Gasteiger partial charge in [-0.2, -0.15) is 0 Å². The average Bonchev–Trinajstić information content (AvgIpc) is 2.79. The molecule has 7 heteroatoms. The zero-order valence-corrected chi connectivity index (χ0v) is 19.6. The number of hydrogen-bond acceptors (Lipinski definition) is 4. The van der Waals surface area contributed by atoms with Crippen LogP contribution in [0.25, 0.3) is 0 Å². The summed E-state index contributed by atoms with van der Waals surface area (Å²) in [5.74, 6) is 0.684. The predicted octanol–water partition coefficient (Wildman–Crippen LogP) is 4.73. The van der Waals surface area contributed by atoms with Gasteiger partial charge in [-0.1, -0.05) is 34.1 Å². The van der Waals surface area contributed by atoms with Crippen molar-refractivity contribution in [2.45, 2.75) is 39.2 Å². The summed E-state index contributed by atoms with van der Waals surface area (Å²) < 4.78 is 12.4. The zero-order valence-electron chi connectivity index (χ0n) is 18.0. The standard InChI is InChI=1S/C24H29BrN2O4/c1-3-30-22-15-18(24(29)26-17(2)19-9-5-6-10-20(19)25)11-12-21(22)31-16-23(28)27-13-7-4-8-14-27/h5-6,9-12,15,17H,3-4,7-8,13-14,16H2,1-2H3,(H,26,29). The quantitative estimate of drug-likeness (QED) is 0.582. The van der Waals surface area contributed by atoms with Crippen molar-refractivity contribution in [3.05, 3.63) is 58.1 Å². The number of ether oxygens (including phenoxy) is 2. The Kier molecular flexibility index (Phi) is 8.35. The molecular formula is C24H29BrN2O4. The van der Waals surface area contributed by atoms with E-state index in [1.54, 1.807) is 18.2 Å². The summed E-state index contributed by atoms with van der Waals surface area (Å²) in [5.41, 5.74) is 1.47. The van der Waals surface area contributed by atoms with Crippen molar-refractivity contribution < 1.29 is 19.1 Å². The maximum atomic E-state index is 12.8. The number of benzene rings is 2. The van der Waals surface area contributed by atoms with Gasteiger partial charge in [-0.15, -0.1) is 0 Å². The van der Waals surface area contributed by atoms with E-state index in [2.05, 4.69) is 21.2 Å². The van der Waals surface area contributed by atoms with Gasteiger partial charge < -0.3 is 19.7 Å². The SMILES string of the molecule is CCOc1cc(C(=O)NC(C)c2ccccc2Br)ccc1OCC(=O)N1CCCCC1. The highest BCUT2D eigenvalue weighted by Gasteiger charge is 2.19. The lowest BCUT2D eigenvalue weighted by atomic mass is 10.1. The molecule has 2 amide bonds. The molecule has 1 atom stereocenters. The number of carbonyl (C=O) groups is 2. The molecule has 0 bridgehead atoms. The van der Waals surface area contributed by atoms with Gasteiger partial charge in [0.1, 0.15) is 0 Å². The van der Waals surface area contributed by atoms with E-state index in [0.717, 1.165) is 36.0 Å². The van der Waals surface area contributed by atoms with Crippen LogP contribution in [0.5, 0.6) is 11.5 Å². The molecule has 1 N–H and O–H groups in total. The summed E-state index contributed by atoms with van der Waals surface area (Å²) in [4.78, 5) is 27.0. The van der Waals surface area contributed by atoms with Crippen LogP contribution in [0.1, 0.15) is 55.1 Å². The number of nitrogens with one attached hydrogen (secondary N) is 1. The predicted molar refractivity (Wildman–Crippen MR) is 124 cm³/mol. The normalized spacial score (nSPS) is 14.6. The van der Waals surface area contributed by atoms with Crippen LogP contribution >= 0.6 is 15.9 Å². The number of amides is 2. The smallest absolute Gasteiger partial charge is 0.260 e. The molecule has 166 valence electrons. The van der Waals surface area contributed by atoms with Gasteiger partial charge >= 0.3 is 0 Å². The van der Waals surface area contributed by atoms with E-state index in [0.29, 0.717) is 23.7 Å². The molecule has 0 radical (unpaired) electrons. The second-order valence-corrected chi connectivity index (χ2v) is 8.40. The largest absolute Gasteiger partial charge is 0.490 e. The molecule has 1 aliphatic heterocycles. The van der Waals surface area contributed by atoms with E-state index < -0.39 is 0 Å². The van der Waals surface area contributed by atoms with Crippen molar-refractivity contribution in [2.24, 2.45) is 0 Å². The molecule has 1 saturated heterocycles. The molecule has 0 spiro atoms. The first-order valence-electron chi connectivity index (χ1n) is 10.7. The second-order valence-electron chi connectivity index (χ2n) is 7.54. The first-order chi connectivity index (χ1) is 15.0. The highest BCUT2D eigenvalue weighted by molar-refractivity contribution is 9.10. The Labute approximate surface area is 192 Å². The Hall–Kier alpha value is -2.54. The molecule has 2 aromatic rings. The lowest BCUT2D eigenvalue weighted by Crippen LogP contribution is -2.38. The van der Waals surface area contributed by atoms with Crippen molar-refractivity contribution in [3.63, 3.8) is 0 Å². The van der Waals surface area contributed by atoms with E-state index in [9.17, 15) is 9.59 Å². The van der Waals surface area contributed by atoms with Crippen LogP contribution in [0, 0.1) is 0 Å². The van der Waals surface area contributed by atoms with Gasteiger partial charge in [-0.05, 0) is 62.9 Å². The Morgan fingerprint density at radius 1 is 1.06 bits per heavy atom. The Bertz CT molecular complexity index is 912. The van der Waals surface area contributed by atoms with Gasteiger partial charge in [0.05, 0.1) is 12.6 Å². The molecule has 6 nitrogen and oxygen atoms in total. The number of nitrogens with zero attached hydrogens (tertiary/aromatic N) is 1. The van der Waals surface area contributed by atoms with E-state index in [4.69, 9.17) is 9.47 Å². The van der Waals surface area contributed by atoms with Crippen LogP contribution in [0.4, 0.5) is 0 Å². The third kappa shape index (κ3) is 6.23. The first kappa shape index (κ1) is 23.1. The minimum Gasteiger partial charge on any atom is -0.490 e. The van der Waals surface area contributed by atoms with Crippen LogP contribution in [0.3, 0.4) is 0 Å². The minimum atomic E-state index is -0.208. The number of piperidine rings is 1. The number of carbonyl (C=O) groups excluding carboxylic acids is 2. The number of likely N-dealkylation sites (tertiary alicyclic amines) is 1. The summed E-state index contributed by atoms with van der Waals surface area (Å²) in [5, 5.41) is 3.01. The molecule has 0 saturated carbocycles. The van der Waals surface area contributed by atoms with Gasteiger partial charge in [0.15, 0.2) is 18.1 Å². The third-order valence-electron chi connectivity index (χ3n) is 5.28. The van der Waals surface area contributed by atoms with Crippen molar-refractivity contribution in [2.75, 3.05) is 26.3 Å². The van der Waals surface area contributed by atoms with Crippen LogP contribution in [-0.2, 0) is 4.79 Å². The molecule has 3 rings (SSSR count). The molecule has 1 unspecified atom stereocenters.